The van der Waals surface area contributed by atoms with Crippen LogP contribution in [-0.4, -0.2) is 18.1 Å². The summed E-state index contributed by atoms with van der Waals surface area (Å²) in [6.45, 7) is 6.69. The van der Waals surface area contributed by atoms with Gasteiger partial charge in [-0.3, -0.25) is 4.98 Å². The van der Waals surface area contributed by atoms with Gasteiger partial charge in [-0.05, 0) is 25.0 Å². The minimum absolute atomic E-state index is 0.657. The summed E-state index contributed by atoms with van der Waals surface area (Å²) >= 11 is 3.68. The molecule has 0 bridgehead atoms. The number of pyridine rings is 1. The van der Waals surface area contributed by atoms with Crippen molar-refractivity contribution >= 4 is 32.5 Å². The number of nitrogens with zero attached hydrogens (tertiary/aromatic N) is 1. The Morgan fingerprint density at radius 1 is 1.40 bits per heavy atom. The summed E-state index contributed by atoms with van der Waals surface area (Å²) in [5.41, 5.74) is 5.92. The molecule has 3 rings (SSSR count). The van der Waals surface area contributed by atoms with E-state index in [1.165, 1.54) is 27.9 Å². The largest absolute Gasteiger partial charge is 0.384 e. The van der Waals surface area contributed by atoms with E-state index in [-0.39, 0.29) is 0 Å². The third-order valence-corrected chi connectivity index (χ3v) is 4.42. The summed E-state index contributed by atoms with van der Waals surface area (Å²) < 4.78 is 6.74. The van der Waals surface area contributed by atoms with E-state index in [4.69, 9.17) is 9.72 Å². The van der Waals surface area contributed by atoms with Gasteiger partial charge in [-0.2, -0.15) is 0 Å². The number of aryl methyl sites for hydroxylation is 1. The SMILES string of the molecule is CCCNc1c2c(nc3c(C)ccc(Br)c13)CCOC2. The molecule has 0 aliphatic carbocycles. The lowest BCUT2D eigenvalue weighted by atomic mass is 10.0. The average molecular weight is 335 g/mol. The zero-order valence-electron chi connectivity index (χ0n) is 11.9. The van der Waals surface area contributed by atoms with Crippen LogP contribution in [0.3, 0.4) is 0 Å². The van der Waals surface area contributed by atoms with E-state index in [0.29, 0.717) is 6.61 Å². The molecule has 106 valence electrons. The molecule has 0 amide bonds. The quantitative estimate of drug-likeness (QED) is 0.913. The monoisotopic (exact) mass is 334 g/mol. The normalized spacial score (nSPS) is 14.3. The van der Waals surface area contributed by atoms with Crippen molar-refractivity contribution in [1.82, 2.24) is 4.98 Å². The minimum Gasteiger partial charge on any atom is -0.384 e. The Kier molecular flexibility index (Phi) is 3.94. The number of ether oxygens (including phenoxy) is 1. The highest BCUT2D eigenvalue weighted by Gasteiger charge is 2.20. The number of halogens is 1. The maximum Gasteiger partial charge on any atom is 0.0766 e. The van der Waals surface area contributed by atoms with Crippen LogP contribution < -0.4 is 5.32 Å². The maximum atomic E-state index is 5.64. The molecule has 1 aliphatic rings. The van der Waals surface area contributed by atoms with Crippen LogP contribution in [0.15, 0.2) is 16.6 Å². The Bertz CT molecular complexity index is 655. The molecule has 0 atom stereocenters. The van der Waals surface area contributed by atoms with Crippen molar-refractivity contribution in [3.63, 3.8) is 0 Å². The highest BCUT2D eigenvalue weighted by atomic mass is 79.9. The first-order valence-corrected chi connectivity index (χ1v) is 7.93. The number of nitrogens with one attached hydrogen (secondary N) is 1. The molecule has 3 nitrogen and oxygen atoms in total. The van der Waals surface area contributed by atoms with Crippen molar-refractivity contribution in [3.8, 4) is 0 Å². The van der Waals surface area contributed by atoms with Crippen LogP contribution in [0.5, 0.6) is 0 Å². The summed E-state index contributed by atoms with van der Waals surface area (Å²) in [5.74, 6) is 0. The molecular weight excluding hydrogens is 316 g/mol. The Balaban J connectivity index is 2.30. The molecule has 0 saturated carbocycles. The number of fused-ring (bicyclic) bond motifs is 2. The minimum atomic E-state index is 0.657. The zero-order chi connectivity index (χ0) is 14.1. The predicted octanol–water partition coefficient (Wildman–Crippen LogP) is 4.20. The van der Waals surface area contributed by atoms with Gasteiger partial charge in [0.2, 0.25) is 0 Å². The van der Waals surface area contributed by atoms with Crippen LogP contribution in [0.2, 0.25) is 0 Å². The van der Waals surface area contributed by atoms with Crippen molar-refractivity contribution in [2.45, 2.75) is 33.3 Å². The molecule has 2 aromatic rings. The van der Waals surface area contributed by atoms with Crippen molar-refractivity contribution in [2.75, 3.05) is 18.5 Å². The summed E-state index contributed by atoms with van der Waals surface area (Å²) in [6, 6.07) is 4.22. The summed E-state index contributed by atoms with van der Waals surface area (Å²) in [5, 5.41) is 4.77. The van der Waals surface area contributed by atoms with E-state index in [2.05, 4.69) is 47.2 Å². The zero-order valence-corrected chi connectivity index (χ0v) is 13.5. The first-order valence-electron chi connectivity index (χ1n) is 7.14. The Morgan fingerprint density at radius 3 is 3.05 bits per heavy atom. The molecule has 0 saturated heterocycles. The summed E-state index contributed by atoms with van der Waals surface area (Å²) in [7, 11) is 0. The van der Waals surface area contributed by atoms with Crippen LogP contribution in [0, 0.1) is 6.92 Å². The fourth-order valence-electron chi connectivity index (χ4n) is 2.70. The molecule has 0 spiro atoms. The van der Waals surface area contributed by atoms with Crippen LogP contribution in [-0.2, 0) is 17.8 Å². The summed E-state index contributed by atoms with van der Waals surface area (Å²) in [6.07, 6.45) is 2.00. The third kappa shape index (κ3) is 2.31. The van der Waals surface area contributed by atoms with Gasteiger partial charge in [-0.25, -0.2) is 0 Å². The average Bonchev–Trinajstić information content (AvgIpc) is 2.48. The van der Waals surface area contributed by atoms with Gasteiger partial charge in [0.05, 0.1) is 30.1 Å². The fourth-order valence-corrected chi connectivity index (χ4v) is 3.22. The molecule has 1 aliphatic heterocycles. The number of rotatable bonds is 3. The second-order valence-corrected chi connectivity index (χ2v) is 6.08. The van der Waals surface area contributed by atoms with Crippen LogP contribution in [0.25, 0.3) is 10.9 Å². The summed E-state index contributed by atoms with van der Waals surface area (Å²) in [4.78, 5) is 4.89. The molecule has 0 fully saturated rings. The molecule has 1 aromatic heterocycles. The lowest BCUT2D eigenvalue weighted by molar-refractivity contribution is 0.110. The van der Waals surface area contributed by atoms with Gasteiger partial charge in [-0.1, -0.05) is 28.9 Å². The molecule has 1 aromatic carbocycles. The molecule has 2 heterocycles. The first kappa shape index (κ1) is 13.8. The van der Waals surface area contributed by atoms with Gasteiger partial charge in [0, 0.05) is 28.4 Å². The molecule has 4 heteroatoms. The van der Waals surface area contributed by atoms with Crippen LogP contribution in [0.1, 0.15) is 30.2 Å². The molecule has 1 N–H and O–H groups in total. The van der Waals surface area contributed by atoms with Gasteiger partial charge in [-0.15, -0.1) is 0 Å². The number of benzene rings is 1. The first-order chi connectivity index (χ1) is 9.72. The van der Waals surface area contributed by atoms with E-state index in [1.807, 2.05) is 0 Å². The van der Waals surface area contributed by atoms with Crippen molar-refractivity contribution in [2.24, 2.45) is 0 Å². The molecule has 0 radical (unpaired) electrons. The fraction of sp³-hybridized carbons (Fsp3) is 0.438. The van der Waals surface area contributed by atoms with E-state index in [0.717, 1.165) is 36.0 Å². The van der Waals surface area contributed by atoms with Gasteiger partial charge in [0.1, 0.15) is 0 Å². The van der Waals surface area contributed by atoms with Crippen molar-refractivity contribution in [1.29, 1.82) is 0 Å². The number of hydrogen-bond acceptors (Lipinski definition) is 3. The second kappa shape index (κ2) is 5.70. The van der Waals surface area contributed by atoms with Crippen LogP contribution in [0.4, 0.5) is 5.69 Å². The standard InChI is InChI=1S/C16H19BrN2O/c1-3-7-18-16-11-9-20-8-6-13(11)19-15-10(2)4-5-12(17)14(15)16/h4-5H,3,6-9H2,1-2H3,(H,18,19). The highest BCUT2D eigenvalue weighted by molar-refractivity contribution is 9.10. The lowest BCUT2D eigenvalue weighted by Crippen LogP contribution is -2.16. The smallest absolute Gasteiger partial charge is 0.0766 e. The van der Waals surface area contributed by atoms with Crippen LogP contribution >= 0.6 is 15.9 Å². The Morgan fingerprint density at radius 2 is 2.25 bits per heavy atom. The third-order valence-electron chi connectivity index (χ3n) is 3.76. The molecule has 0 unspecified atom stereocenters. The van der Waals surface area contributed by atoms with E-state index < -0.39 is 0 Å². The molecular formula is C16H19BrN2O. The number of anilines is 1. The van der Waals surface area contributed by atoms with Gasteiger partial charge in [0.15, 0.2) is 0 Å². The Labute approximate surface area is 127 Å². The van der Waals surface area contributed by atoms with Gasteiger partial charge < -0.3 is 10.1 Å². The van der Waals surface area contributed by atoms with E-state index in [9.17, 15) is 0 Å². The van der Waals surface area contributed by atoms with Crippen molar-refractivity contribution < 1.29 is 4.74 Å². The van der Waals surface area contributed by atoms with E-state index in [1.54, 1.807) is 0 Å². The van der Waals surface area contributed by atoms with Crippen molar-refractivity contribution in [3.05, 3.63) is 33.4 Å². The predicted molar refractivity (Wildman–Crippen MR) is 86.3 cm³/mol. The van der Waals surface area contributed by atoms with E-state index >= 15 is 0 Å². The molecule has 20 heavy (non-hydrogen) atoms. The van der Waals surface area contributed by atoms with Gasteiger partial charge in [0.25, 0.3) is 0 Å². The highest BCUT2D eigenvalue weighted by Crippen LogP contribution is 2.37. The second-order valence-electron chi connectivity index (χ2n) is 5.23. The van der Waals surface area contributed by atoms with Gasteiger partial charge >= 0.3 is 0 Å². The Hall–Kier alpha value is -1.13. The number of aromatic nitrogens is 1. The number of hydrogen-bond donors (Lipinski definition) is 1. The topological polar surface area (TPSA) is 34.2 Å². The lowest BCUT2D eigenvalue weighted by Gasteiger charge is -2.23. The maximum absolute atomic E-state index is 5.64.